The Labute approximate surface area is 125 Å². The summed E-state index contributed by atoms with van der Waals surface area (Å²) in [6, 6.07) is 17.7. The Kier molecular flexibility index (Phi) is 5.35. The molecule has 0 spiro atoms. The molecular formula is C17H20N2O2. The molecule has 2 aromatic rings. The molecule has 1 amide bonds. The molecule has 0 heterocycles. The predicted octanol–water partition coefficient (Wildman–Crippen LogP) is 2.64. The quantitative estimate of drug-likeness (QED) is 0.857. The number of hydrogen-bond donors (Lipinski definition) is 2. The highest BCUT2D eigenvalue weighted by molar-refractivity contribution is 5.88. The van der Waals surface area contributed by atoms with Crippen molar-refractivity contribution in [1.29, 1.82) is 0 Å². The van der Waals surface area contributed by atoms with Gasteiger partial charge in [0.2, 0.25) is 5.91 Å². The number of aliphatic hydroxyl groups is 1. The van der Waals surface area contributed by atoms with Gasteiger partial charge >= 0.3 is 0 Å². The van der Waals surface area contributed by atoms with Crippen LogP contribution in [0.5, 0.6) is 0 Å². The van der Waals surface area contributed by atoms with Crippen molar-refractivity contribution in [2.45, 2.75) is 13.5 Å². The van der Waals surface area contributed by atoms with Gasteiger partial charge in [0.25, 0.3) is 0 Å². The largest absolute Gasteiger partial charge is 0.395 e. The molecule has 2 aromatic carbocycles. The summed E-state index contributed by atoms with van der Waals surface area (Å²) in [7, 11) is 0. The van der Waals surface area contributed by atoms with E-state index in [1.54, 1.807) is 0 Å². The lowest BCUT2D eigenvalue weighted by atomic mass is 10.1. The summed E-state index contributed by atoms with van der Waals surface area (Å²) in [6.45, 7) is 2.83. The van der Waals surface area contributed by atoms with E-state index in [0.717, 1.165) is 16.9 Å². The van der Waals surface area contributed by atoms with Crippen molar-refractivity contribution in [2.75, 3.05) is 23.4 Å². The molecule has 4 nitrogen and oxygen atoms in total. The first-order valence-corrected chi connectivity index (χ1v) is 6.96. The molecule has 110 valence electrons. The van der Waals surface area contributed by atoms with Gasteiger partial charge in [0.1, 0.15) is 0 Å². The van der Waals surface area contributed by atoms with Gasteiger partial charge in [0.05, 0.1) is 6.61 Å². The zero-order chi connectivity index (χ0) is 15.1. The number of anilines is 2. The molecule has 0 saturated heterocycles. The number of carbonyl (C=O) groups excluding carboxylic acids is 1. The molecule has 4 heteroatoms. The van der Waals surface area contributed by atoms with Crippen molar-refractivity contribution in [2.24, 2.45) is 0 Å². The van der Waals surface area contributed by atoms with Crippen molar-refractivity contribution in [3.8, 4) is 0 Å². The normalized spacial score (nSPS) is 10.2. The third-order valence-electron chi connectivity index (χ3n) is 3.11. The number of rotatable bonds is 6. The van der Waals surface area contributed by atoms with Crippen molar-refractivity contribution >= 4 is 17.3 Å². The second-order valence-corrected chi connectivity index (χ2v) is 4.86. The fourth-order valence-corrected chi connectivity index (χ4v) is 2.23. The number of nitrogens with one attached hydrogen (secondary N) is 1. The molecule has 0 aliphatic rings. The van der Waals surface area contributed by atoms with Gasteiger partial charge in [-0.1, -0.05) is 30.3 Å². The lowest BCUT2D eigenvalue weighted by molar-refractivity contribution is -0.114. The molecule has 21 heavy (non-hydrogen) atoms. The van der Waals surface area contributed by atoms with Gasteiger partial charge in [-0.25, -0.2) is 0 Å². The van der Waals surface area contributed by atoms with Gasteiger partial charge in [0.15, 0.2) is 0 Å². The molecule has 2 rings (SSSR count). The number of amides is 1. The SMILES string of the molecule is CC(=O)Nc1cccc(CN(CCO)c2ccccc2)c1. The van der Waals surface area contributed by atoms with Crippen LogP contribution in [0.1, 0.15) is 12.5 Å². The standard InChI is InChI=1S/C17H20N2O2/c1-14(21)18-16-7-5-6-15(12-16)13-19(10-11-20)17-8-3-2-4-9-17/h2-9,12,20H,10-11,13H2,1H3,(H,18,21). The Morgan fingerprint density at radius 1 is 1.14 bits per heavy atom. The monoisotopic (exact) mass is 284 g/mol. The number of nitrogens with zero attached hydrogens (tertiary/aromatic N) is 1. The molecule has 0 fully saturated rings. The predicted molar refractivity (Wildman–Crippen MR) is 85.3 cm³/mol. The van der Waals surface area contributed by atoms with E-state index in [1.165, 1.54) is 6.92 Å². The van der Waals surface area contributed by atoms with Crippen LogP contribution in [0, 0.1) is 0 Å². The summed E-state index contributed by atoms with van der Waals surface area (Å²) < 4.78 is 0. The van der Waals surface area contributed by atoms with Crippen LogP contribution in [-0.2, 0) is 11.3 Å². The summed E-state index contributed by atoms with van der Waals surface area (Å²) in [5, 5.41) is 12.0. The first-order valence-electron chi connectivity index (χ1n) is 6.96. The minimum Gasteiger partial charge on any atom is -0.395 e. The maximum absolute atomic E-state index is 11.1. The molecule has 0 atom stereocenters. The van der Waals surface area contributed by atoms with E-state index < -0.39 is 0 Å². The van der Waals surface area contributed by atoms with Crippen LogP contribution in [0.3, 0.4) is 0 Å². The number of para-hydroxylation sites is 1. The second kappa shape index (κ2) is 7.45. The Morgan fingerprint density at radius 3 is 2.57 bits per heavy atom. The number of aliphatic hydroxyl groups excluding tert-OH is 1. The van der Waals surface area contributed by atoms with Crippen LogP contribution in [0.4, 0.5) is 11.4 Å². The summed E-state index contributed by atoms with van der Waals surface area (Å²) in [6.07, 6.45) is 0. The van der Waals surface area contributed by atoms with Gasteiger partial charge in [-0.05, 0) is 29.8 Å². The van der Waals surface area contributed by atoms with Crippen LogP contribution < -0.4 is 10.2 Å². The zero-order valence-electron chi connectivity index (χ0n) is 12.1. The fourth-order valence-electron chi connectivity index (χ4n) is 2.23. The van der Waals surface area contributed by atoms with Crippen molar-refractivity contribution in [3.63, 3.8) is 0 Å². The summed E-state index contributed by atoms with van der Waals surface area (Å²) >= 11 is 0. The first-order chi connectivity index (χ1) is 10.2. The molecule has 0 aromatic heterocycles. The second-order valence-electron chi connectivity index (χ2n) is 4.86. The minimum atomic E-state index is -0.0811. The Balaban J connectivity index is 2.15. The van der Waals surface area contributed by atoms with Gasteiger partial charge in [-0.2, -0.15) is 0 Å². The average molecular weight is 284 g/mol. The summed E-state index contributed by atoms with van der Waals surface area (Å²) in [4.78, 5) is 13.2. The summed E-state index contributed by atoms with van der Waals surface area (Å²) in [5.74, 6) is -0.0811. The van der Waals surface area contributed by atoms with Crippen LogP contribution in [0.25, 0.3) is 0 Å². The van der Waals surface area contributed by atoms with Crippen molar-refractivity contribution < 1.29 is 9.90 Å². The maximum Gasteiger partial charge on any atom is 0.221 e. The molecule has 0 unspecified atom stereocenters. The maximum atomic E-state index is 11.1. The molecule has 0 saturated carbocycles. The van der Waals surface area contributed by atoms with Crippen LogP contribution in [0.2, 0.25) is 0 Å². The summed E-state index contributed by atoms with van der Waals surface area (Å²) in [5.41, 5.74) is 2.94. The Hall–Kier alpha value is -2.33. The zero-order valence-corrected chi connectivity index (χ0v) is 12.1. The fraction of sp³-hybridized carbons (Fsp3) is 0.235. The molecule has 0 radical (unpaired) electrons. The number of hydrogen-bond acceptors (Lipinski definition) is 3. The highest BCUT2D eigenvalue weighted by atomic mass is 16.3. The van der Waals surface area contributed by atoms with E-state index >= 15 is 0 Å². The van der Waals surface area contributed by atoms with E-state index in [0.29, 0.717) is 13.1 Å². The topological polar surface area (TPSA) is 52.6 Å². The average Bonchev–Trinajstić information content (AvgIpc) is 2.47. The van der Waals surface area contributed by atoms with E-state index in [4.69, 9.17) is 0 Å². The van der Waals surface area contributed by atoms with Crippen LogP contribution in [0.15, 0.2) is 54.6 Å². The molecule has 2 N–H and O–H groups in total. The molecular weight excluding hydrogens is 264 g/mol. The Bertz CT molecular complexity index is 584. The van der Waals surface area contributed by atoms with E-state index in [9.17, 15) is 9.90 Å². The van der Waals surface area contributed by atoms with Crippen molar-refractivity contribution in [1.82, 2.24) is 0 Å². The van der Waals surface area contributed by atoms with Gasteiger partial charge in [-0.15, -0.1) is 0 Å². The third kappa shape index (κ3) is 4.61. The first kappa shape index (κ1) is 15.1. The van der Waals surface area contributed by atoms with Crippen molar-refractivity contribution in [3.05, 3.63) is 60.2 Å². The lowest BCUT2D eigenvalue weighted by Gasteiger charge is -2.24. The highest BCUT2D eigenvalue weighted by Gasteiger charge is 2.07. The van der Waals surface area contributed by atoms with Gasteiger partial charge in [0, 0.05) is 31.4 Å². The van der Waals surface area contributed by atoms with E-state index in [2.05, 4.69) is 10.2 Å². The Morgan fingerprint density at radius 2 is 1.90 bits per heavy atom. The van der Waals surface area contributed by atoms with Gasteiger partial charge < -0.3 is 15.3 Å². The van der Waals surface area contributed by atoms with Crippen LogP contribution in [-0.4, -0.2) is 24.2 Å². The minimum absolute atomic E-state index is 0.0811. The number of benzene rings is 2. The van der Waals surface area contributed by atoms with E-state index in [1.807, 2.05) is 54.6 Å². The van der Waals surface area contributed by atoms with E-state index in [-0.39, 0.29) is 12.5 Å². The van der Waals surface area contributed by atoms with Crippen LogP contribution >= 0.6 is 0 Å². The molecule has 0 aliphatic carbocycles. The highest BCUT2D eigenvalue weighted by Crippen LogP contribution is 2.18. The third-order valence-corrected chi connectivity index (χ3v) is 3.11. The molecule has 0 bridgehead atoms. The number of carbonyl (C=O) groups is 1. The van der Waals surface area contributed by atoms with Gasteiger partial charge in [-0.3, -0.25) is 4.79 Å². The smallest absolute Gasteiger partial charge is 0.221 e. The lowest BCUT2D eigenvalue weighted by Crippen LogP contribution is -2.26. The molecule has 0 aliphatic heterocycles.